The smallest absolute Gasteiger partial charge is 0.203 e. The van der Waals surface area contributed by atoms with Gasteiger partial charge in [0.15, 0.2) is 0 Å². The maximum absolute atomic E-state index is 8.80. The van der Waals surface area contributed by atoms with Gasteiger partial charge in [-0.3, -0.25) is 10.4 Å². The molecule has 6 heteroatoms. The predicted molar refractivity (Wildman–Crippen MR) is 87.7 cm³/mol. The molecule has 5 nitrogen and oxygen atoms in total. The third-order valence-electron chi connectivity index (χ3n) is 2.89. The van der Waals surface area contributed by atoms with Gasteiger partial charge in [0.25, 0.3) is 0 Å². The minimum absolute atomic E-state index is 0.638. The predicted octanol–water partition coefficient (Wildman–Crippen LogP) is 3.52. The van der Waals surface area contributed by atoms with Crippen molar-refractivity contribution in [3.8, 4) is 17.3 Å². The highest BCUT2D eigenvalue weighted by Gasteiger charge is 2.03. The van der Waals surface area contributed by atoms with Crippen LogP contribution < -0.4 is 5.43 Å². The van der Waals surface area contributed by atoms with E-state index in [1.807, 2.05) is 29.6 Å². The first-order chi connectivity index (χ1) is 10.8. The van der Waals surface area contributed by atoms with Crippen LogP contribution in [-0.2, 0) is 0 Å². The molecule has 106 valence electrons. The molecule has 0 saturated heterocycles. The highest BCUT2D eigenvalue weighted by Crippen LogP contribution is 2.25. The summed E-state index contributed by atoms with van der Waals surface area (Å²) in [6.07, 6.45) is 5.14. The van der Waals surface area contributed by atoms with Gasteiger partial charge in [-0.1, -0.05) is 12.1 Å². The topological polar surface area (TPSA) is 74.0 Å². The summed E-state index contributed by atoms with van der Waals surface area (Å²) in [5.41, 5.74) is 6.34. The lowest BCUT2D eigenvalue weighted by Crippen LogP contribution is -1.90. The lowest BCUT2D eigenvalue weighted by atomic mass is 10.1. The van der Waals surface area contributed by atoms with Crippen molar-refractivity contribution in [2.75, 3.05) is 5.43 Å². The maximum atomic E-state index is 8.80. The van der Waals surface area contributed by atoms with Crippen molar-refractivity contribution in [1.82, 2.24) is 9.97 Å². The van der Waals surface area contributed by atoms with Crippen LogP contribution in [0, 0.1) is 11.3 Å². The minimum atomic E-state index is 0.638. The number of pyridine rings is 1. The number of nitrogens with one attached hydrogen (secondary N) is 1. The third-order valence-corrected chi connectivity index (χ3v) is 3.64. The van der Waals surface area contributed by atoms with E-state index in [0.29, 0.717) is 10.7 Å². The minimum Gasteiger partial charge on any atom is -0.265 e. The monoisotopic (exact) mass is 305 g/mol. The van der Waals surface area contributed by atoms with Crippen molar-refractivity contribution in [2.24, 2.45) is 5.10 Å². The SMILES string of the molecule is N#Cc1ccc(-c2csc(N/N=C/c3ccncc3)n2)cc1. The first-order valence-electron chi connectivity index (χ1n) is 6.50. The zero-order chi connectivity index (χ0) is 15.2. The van der Waals surface area contributed by atoms with E-state index in [4.69, 9.17) is 5.26 Å². The second-order valence-corrected chi connectivity index (χ2v) is 5.24. The van der Waals surface area contributed by atoms with Crippen LogP contribution in [0.15, 0.2) is 59.3 Å². The van der Waals surface area contributed by atoms with Crippen LogP contribution in [0.5, 0.6) is 0 Å². The Hall–Kier alpha value is -3.04. The number of nitriles is 1. The van der Waals surface area contributed by atoms with Crippen molar-refractivity contribution in [2.45, 2.75) is 0 Å². The van der Waals surface area contributed by atoms with Crippen LogP contribution in [0.25, 0.3) is 11.3 Å². The molecule has 0 aliphatic carbocycles. The molecular weight excluding hydrogens is 294 g/mol. The molecule has 0 aliphatic heterocycles. The second-order valence-electron chi connectivity index (χ2n) is 4.38. The van der Waals surface area contributed by atoms with E-state index >= 15 is 0 Å². The Kier molecular flexibility index (Phi) is 4.18. The second kappa shape index (κ2) is 6.61. The fourth-order valence-electron chi connectivity index (χ4n) is 1.78. The number of nitrogens with zero attached hydrogens (tertiary/aromatic N) is 4. The molecule has 22 heavy (non-hydrogen) atoms. The molecule has 0 bridgehead atoms. The number of aromatic nitrogens is 2. The first kappa shape index (κ1) is 13.9. The lowest BCUT2D eigenvalue weighted by Gasteiger charge is -1.96. The van der Waals surface area contributed by atoms with Crippen molar-refractivity contribution >= 4 is 22.7 Å². The van der Waals surface area contributed by atoms with E-state index in [-0.39, 0.29) is 0 Å². The average molecular weight is 305 g/mol. The van der Waals surface area contributed by atoms with Gasteiger partial charge < -0.3 is 0 Å². The number of benzene rings is 1. The van der Waals surface area contributed by atoms with Crippen molar-refractivity contribution < 1.29 is 0 Å². The summed E-state index contributed by atoms with van der Waals surface area (Å²) in [6, 6.07) is 13.2. The van der Waals surface area contributed by atoms with E-state index in [9.17, 15) is 0 Å². The van der Waals surface area contributed by atoms with E-state index in [1.165, 1.54) is 11.3 Å². The standard InChI is InChI=1S/C16H11N5S/c17-9-12-1-3-14(4-2-12)15-11-22-16(20-15)21-19-10-13-5-7-18-8-6-13/h1-8,10-11H,(H,20,21)/b19-10+. The van der Waals surface area contributed by atoms with Crippen LogP contribution in [-0.4, -0.2) is 16.2 Å². The zero-order valence-electron chi connectivity index (χ0n) is 11.5. The van der Waals surface area contributed by atoms with Gasteiger partial charge in [-0.15, -0.1) is 11.3 Å². The van der Waals surface area contributed by atoms with Gasteiger partial charge in [0.05, 0.1) is 23.5 Å². The summed E-state index contributed by atoms with van der Waals surface area (Å²) in [5.74, 6) is 0. The summed E-state index contributed by atoms with van der Waals surface area (Å²) >= 11 is 1.48. The highest BCUT2D eigenvalue weighted by atomic mass is 32.1. The Balaban J connectivity index is 1.68. The first-order valence-corrected chi connectivity index (χ1v) is 7.38. The van der Waals surface area contributed by atoms with E-state index in [0.717, 1.165) is 16.8 Å². The van der Waals surface area contributed by atoms with E-state index in [1.54, 1.807) is 30.7 Å². The average Bonchev–Trinajstić information content (AvgIpc) is 3.05. The normalized spacial score (nSPS) is 10.5. The van der Waals surface area contributed by atoms with Crippen molar-refractivity contribution in [3.05, 3.63) is 65.3 Å². The van der Waals surface area contributed by atoms with Crippen LogP contribution in [0.1, 0.15) is 11.1 Å². The van der Waals surface area contributed by atoms with Gasteiger partial charge in [0, 0.05) is 23.3 Å². The number of hydrogen-bond donors (Lipinski definition) is 1. The Morgan fingerprint density at radius 3 is 2.64 bits per heavy atom. The van der Waals surface area contributed by atoms with Crippen LogP contribution in [0.3, 0.4) is 0 Å². The molecule has 1 N–H and O–H groups in total. The zero-order valence-corrected chi connectivity index (χ0v) is 12.3. The molecule has 0 aliphatic rings. The number of anilines is 1. The summed E-state index contributed by atoms with van der Waals surface area (Å²) in [6.45, 7) is 0. The van der Waals surface area contributed by atoms with Gasteiger partial charge in [0.1, 0.15) is 0 Å². The van der Waals surface area contributed by atoms with E-state index in [2.05, 4.69) is 26.6 Å². The molecule has 3 rings (SSSR count). The van der Waals surface area contributed by atoms with Crippen molar-refractivity contribution in [3.63, 3.8) is 0 Å². The molecule has 0 fully saturated rings. The summed E-state index contributed by atoms with van der Waals surface area (Å²) in [4.78, 5) is 8.41. The Morgan fingerprint density at radius 1 is 1.14 bits per heavy atom. The summed E-state index contributed by atoms with van der Waals surface area (Å²) in [7, 11) is 0. The Bertz CT molecular complexity index is 816. The summed E-state index contributed by atoms with van der Waals surface area (Å²) in [5, 5.41) is 15.6. The van der Waals surface area contributed by atoms with Gasteiger partial charge in [-0.2, -0.15) is 10.4 Å². The van der Waals surface area contributed by atoms with Crippen LogP contribution in [0.2, 0.25) is 0 Å². The molecule has 0 amide bonds. The molecule has 0 radical (unpaired) electrons. The number of rotatable bonds is 4. The Morgan fingerprint density at radius 2 is 1.91 bits per heavy atom. The third kappa shape index (κ3) is 3.34. The highest BCUT2D eigenvalue weighted by molar-refractivity contribution is 7.14. The molecule has 0 unspecified atom stereocenters. The van der Waals surface area contributed by atoms with Gasteiger partial charge >= 0.3 is 0 Å². The molecule has 0 atom stereocenters. The molecule has 2 aromatic heterocycles. The quantitative estimate of drug-likeness (QED) is 0.591. The largest absolute Gasteiger partial charge is 0.265 e. The van der Waals surface area contributed by atoms with Crippen LogP contribution >= 0.6 is 11.3 Å². The van der Waals surface area contributed by atoms with E-state index < -0.39 is 0 Å². The van der Waals surface area contributed by atoms with Crippen LogP contribution in [0.4, 0.5) is 5.13 Å². The maximum Gasteiger partial charge on any atom is 0.203 e. The van der Waals surface area contributed by atoms with Crippen molar-refractivity contribution in [1.29, 1.82) is 5.26 Å². The molecule has 3 aromatic rings. The fourth-order valence-corrected chi connectivity index (χ4v) is 2.45. The molecule has 0 spiro atoms. The Labute approximate surface area is 131 Å². The number of thiazole rings is 1. The molecule has 0 saturated carbocycles. The molecule has 2 heterocycles. The molecule has 1 aromatic carbocycles. The molecular formula is C16H11N5S. The summed E-state index contributed by atoms with van der Waals surface area (Å²) < 4.78 is 0. The van der Waals surface area contributed by atoms with Gasteiger partial charge in [-0.25, -0.2) is 4.98 Å². The van der Waals surface area contributed by atoms with Gasteiger partial charge in [0.2, 0.25) is 5.13 Å². The number of hydrazone groups is 1. The fraction of sp³-hybridized carbons (Fsp3) is 0. The van der Waals surface area contributed by atoms with Gasteiger partial charge in [-0.05, 0) is 29.8 Å². The lowest BCUT2D eigenvalue weighted by molar-refractivity contribution is 1.28. The number of hydrogen-bond acceptors (Lipinski definition) is 6.